The third-order valence-electron chi connectivity index (χ3n) is 3.23. The fourth-order valence-corrected chi connectivity index (χ4v) is 2.97. The highest BCUT2D eigenvalue weighted by atomic mass is 32.2. The van der Waals surface area contributed by atoms with Gasteiger partial charge in [0.15, 0.2) is 0 Å². The fourth-order valence-electron chi connectivity index (χ4n) is 2.10. The molecule has 1 aromatic heterocycles. The van der Waals surface area contributed by atoms with Gasteiger partial charge in [-0.05, 0) is 42.5 Å². The van der Waals surface area contributed by atoms with E-state index in [1.165, 1.54) is 36.4 Å². The van der Waals surface area contributed by atoms with Crippen molar-refractivity contribution in [3.8, 4) is 0 Å². The molecule has 124 valence electrons. The molecular weight excluding hydrogens is 340 g/mol. The molecule has 6 nitrogen and oxygen atoms in total. The predicted octanol–water partition coefficient (Wildman–Crippen LogP) is 2.07. The summed E-state index contributed by atoms with van der Waals surface area (Å²) in [6, 6.07) is 9.64. The van der Waals surface area contributed by atoms with Gasteiger partial charge in [0.05, 0.1) is 4.90 Å². The van der Waals surface area contributed by atoms with Crippen LogP contribution in [0.1, 0.15) is 10.5 Å². The Hall–Kier alpha value is -2.78. The number of hydrazine groups is 1. The lowest BCUT2D eigenvalue weighted by Gasteiger charge is -2.07. The van der Waals surface area contributed by atoms with E-state index in [1.54, 1.807) is 0 Å². The van der Waals surface area contributed by atoms with Gasteiger partial charge in [0.1, 0.15) is 17.3 Å². The van der Waals surface area contributed by atoms with Gasteiger partial charge in [0.2, 0.25) is 0 Å². The maximum atomic E-state index is 13.1. The molecule has 24 heavy (non-hydrogen) atoms. The van der Waals surface area contributed by atoms with Crippen LogP contribution in [0, 0.1) is 11.6 Å². The van der Waals surface area contributed by atoms with Gasteiger partial charge in [-0.25, -0.2) is 17.2 Å². The third kappa shape index (κ3) is 3.26. The summed E-state index contributed by atoms with van der Waals surface area (Å²) in [5.41, 5.74) is 2.57. The number of hydrogen-bond donors (Lipinski definition) is 3. The number of fused-ring (bicyclic) bond motifs is 1. The molecule has 0 unspecified atom stereocenters. The molecule has 2 aromatic carbocycles. The largest absolute Gasteiger partial charge is 0.350 e. The van der Waals surface area contributed by atoms with Crippen LogP contribution in [0.2, 0.25) is 0 Å². The molecule has 3 aromatic rings. The van der Waals surface area contributed by atoms with E-state index >= 15 is 0 Å². The van der Waals surface area contributed by atoms with Crippen LogP contribution in [-0.4, -0.2) is 19.3 Å². The van der Waals surface area contributed by atoms with Gasteiger partial charge in [-0.2, -0.15) is 0 Å². The van der Waals surface area contributed by atoms with Crippen molar-refractivity contribution in [3.63, 3.8) is 0 Å². The second kappa shape index (κ2) is 6.02. The van der Waals surface area contributed by atoms with Crippen molar-refractivity contribution in [3.05, 3.63) is 65.9 Å². The lowest BCUT2D eigenvalue weighted by molar-refractivity contribution is 0.0941. The summed E-state index contributed by atoms with van der Waals surface area (Å²) >= 11 is 0. The first-order chi connectivity index (χ1) is 11.3. The van der Waals surface area contributed by atoms with Crippen LogP contribution < -0.4 is 10.3 Å². The van der Waals surface area contributed by atoms with Gasteiger partial charge in [-0.15, -0.1) is 4.83 Å². The summed E-state index contributed by atoms with van der Waals surface area (Å²) in [4.78, 5) is 16.3. The molecule has 1 amide bonds. The number of aromatic amines is 1. The summed E-state index contributed by atoms with van der Waals surface area (Å²) in [5, 5.41) is 0.466. The fraction of sp³-hybridized carbons (Fsp3) is 0. The summed E-state index contributed by atoms with van der Waals surface area (Å²) in [5.74, 6) is -1.95. The first-order valence-electron chi connectivity index (χ1n) is 6.71. The van der Waals surface area contributed by atoms with Crippen LogP contribution in [-0.2, 0) is 10.0 Å². The van der Waals surface area contributed by atoms with Gasteiger partial charge < -0.3 is 4.98 Å². The van der Waals surface area contributed by atoms with E-state index in [0.29, 0.717) is 10.9 Å². The Labute approximate surface area is 135 Å². The SMILES string of the molecule is O=C(NNS(=O)(=O)c1cccc(F)c1)c1cc2cc(F)ccc2[nH]1. The van der Waals surface area contributed by atoms with Crippen LogP contribution in [0.25, 0.3) is 10.9 Å². The minimum absolute atomic E-state index is 0.0394. The molecule has 0 atom stereocenters. The van der Waals surface area contributed by atoms with Gasteiger partial charge in [0, 0.05) is 10.9 Å². The number of hydrogen-bond acceptors (Lipinski definition) is 3. The number of nitrogens with one attached hydrogen (secondary N) is 3. The van der Waals surface area contributed by atoms with Gasteiger partial charge in [-0.1, -0.05) is 6.07 Å². The van der Waals surface area contributed by atoms with Gasteiger partial charge in [-0.3, -0.25) is 10.2 Å². The zero-order valence-electron chi connectivity index (χ0n) is 12.0. The minimum Gasteiger partial charge on any atom is -0.350 e. The van der Waals surface area contributed by atoms with E-state index in [2.05, 4.69) is 4.98 Å². The molecule has 9 heteroatoms. The molecule has 3 rings (SSSR count). The molecule has 0 bridgehead atoms. The molecule has 0 aliphatic heterocycles. The Balaban J connectivity index is 1.76. The van der Waals surface area contributed by atoms with Crippen LogP contribution in [0.3, 0.4) is 0 Å². The maximum absolute atomic E-state index is 13.1. The van der Waals surface area contributed by atoms with E-state index in [4.69, 9.17) is 0 Å². The normalized spacial score (nSPS) is 11.6. The molecule has 0 saturated heterocycles. The smallest absolute Gasteiger partial charge is 0.282 e. The number of halogens is 2. The van der Waals surface area contributed by atoms with Crippen molar-refractivity contribution in [1.29, 1.82) is 0 Å². The van der Waals surface area contributed by atoms with Crippen LogP contribution >= 0.6 is 0 Å². The first-order valence-corrected chi connectivity index (χ1v) is 8.19. The second-order valence-electron chi connectivity index (χ2n) is 4.93. The maximum Gasteiger partial charge on any atom is 0.282 e. The molecule has 1 heterocycles. The average molecular weight is 351 g/mol. The average Bonchev–Trinajstić information content (AvgIpc) is 2.96. The Bertz CT molecular complexity index is 1030. The van der Waals surface area contributed by atoms with E-state index in [9.17, 15) is 22.0 Å². The first kappa shape index (κ1) is 16.1. The Morgan fingerprint density at radius 3 is 2.50 bits per heavy atom. The van der Waals surface area contributed by atoms with E-state index < -0.39 is 27.6 Å². The van der Waals surface area contributed by atoms with E-state index in [-0.39, 0.29) is 10.6 Å². The highest BCUT2D eigenvalue weighted by molar-refractivity contribution is 7.89. The van der Waals surface area contributed by atoms with Crippen molar-refractivity contribution >= 4 is 26.8 Å². The lowest BCUT2D eigenvalue weighted by atomic mass is 10.2. The number of benzene rings is 2. The minimum atomic E-state index is -4.12. The van der Waals surface area contributed by atoms with Crippen molar-refractivity contribution in [2.45, 2.75) is 4.90 Å². The van der Waals surface area contributed by atoms with E-state index in [1.807, 2.05) is 10.3 Å². The number of carbonyl (C=O) groups is 1. The Morgan fingerprint density at radius 1 is 1.00 bits per heavy atom. The van der Waals surface area contributed by atoms with Crippen LogP contribution in [0.15, 0.2) is 53.4 Å². The zero-order chi connectivity index (χ0) is 17.3. The summed E-state index contributed by atoms with van der Waals surface area (Å²) < 4.78 is 50.2. The highest BCUT2D eigenvalue weighted by Gasteiger charge is 2.17. The molecule has 0 saturated carbocycles. The Morgan fingerprint density at radius 2 is 1.75 bits per heavy atom. The number of rotatable bonds is 4. The van der Waals surface area contributed by atoms with Crippen LogP contribution in [0.4, 0.5) is 8.78 Å². The van der Waals surface area contributed by atoms with Crippen molar-refractivity contribution in [1.82, 2.24) is 15.2 Å². The van der Waals surface area contributed by atoms with Gasteiger partial charge >= 0.3 is 0 Å². The highest BCUT2D eigenvalue weighted by Crippen LogP contribution is 2.16. The standard InChI is InChI=1S/C15H11F2N3O3S/c16-10-2-1-3-12(8-10)24(22,23)20-19-15(21)14-7-9-6-11(17)4-5-13(9)18-14/h1-8,18,20H,(H,19,21). The molecule has 0 fully saturated rings. The van der Waals surface area contributed by atoms with Crippen molar-refractivity contribution < 1.29 is 22.0 Å². The second-order valence-corrected chi connectivity index (χ2v) is 6.61. The Kier molecular flexibility index (Phi) is 4.04. The number of amides is 1. The molecule has 0 aliphatic rings. The molecule has 0 spiro atoms. The van der Waals surface area contributed by atoms with Crippen molar-refractivity contribution in [2.24, 2.45) is 0 Å². The lowest BCUT2D eigenvalue weighted by Crippen LogP contribution is -2.41. The number of aromatic nitrogens is 1. The number of H-pyrrole nitrogens is 1. The zero-order valence-corrected chi connectivity index (χ0v) is 12.8. The summed E-state index contributed by atoms with van der Waals surface area (Å²) in [6.45, 7) is 0. The third-order valence-corrected chi connectivity index (χ3v) is 4.48. The molecular formula is C15H11F2N3O3S. The summed E-state index contributed by atoms with van der Waals surface area (Å²) in [7, 11) is -4.12. The molecule has 0 aliphatic carbocycles. The number of carbonyl (C=O) groups excluding carboxylic acids is 1. The van der Waals surface area contributed by atoms with Crippen LogP contribution in [0.5, 0.6) is 0 Å². The quantitative estimate of drug-likeness (QED) is 0.629. The topological polar surface area (TPSA) is 91.1 Å². The van der Waals surface area contributed by atoms with Crippen molar-refractivity contribution in [2.75, 3.05) is 0 Å². The monoisotopic (exact) mass is 351 g/mol. The summed E-state index contributed by atoms with van der Waals surface area (Å²) in [6.07, 6.45) is 0. The van der Waals surface area contributed by atoms with E-state index in [0.717, 1.165) is 12.1 Å². The number of sulfonamides is 1. The predicted molar refractivity (Wildman–Crippen MR) is 82.4 cm³/mol. The molecule has 3 N–H and O–H groups in total. The van der Waals surface area contributed by atoms with Gasteiger partial charge in [0.25, 0.3) is 15.9 Å². The molecule has 0 radical (unpaired) electrons.